The molecule has 0 aliphatic carbocycles. The average molecular weight is 449 g/mol. The standard InChI is InChI=1S/C24H21FN4O2S/c1-15-22(32-14-28-15)20-12-17(8-9-26-20)24(30)29-10-2-3-21(29)23-27-13-19(31-23)11-16-4-6-18(25)7-5-16/h4-9,12-14,21H,2-3,10-11H2,1H3/t21-/m0/s1. The summed E-state index contributed by atoms with van der Waals surface area (Å²) in [6, 6.07) is 9.69. The van der Waals surface area contributed by atoms with Crippen molar-refractivity contribution in [1.29, 1.82) is 0 Å². The lowest BCUT2D eigenvalue weighted by Crippen LogP contribution is -2.30. The molecule has 1 aliphatic rings. The summed E-state index contributed by atoms with van der Waals surface area (Å²) in [5.74, 6) is 0.909. The number of carbonyl (C=O) groups excluding carboxylic acids is 1. The van der Waals surface area contributed by atoms with E-state index in [0.29, 0.717) is 30.2 Å². The van der Waals surface area contributed by atoms with Crippen LogP contribution in [-0.2, 0) is 6.42 Å². The number of aryl methyl sites for hydroxylation is 1. The summed E-state index contributed by atoms with van der Waals surface area (Å²) in [6.07, 6.45) is 5.57. The molecule has 3 aromatic heterocycles. The summed E-state index contributed by atoms with van der Waals surface area (Å²) in [7, 11) is 0. The van der Waals surface area contributed by atoms with Gasteiger partial charge in [-0.15, -0.1) is 11.3 Å². The molecule has 1 amide bonds. The number of pyridine rings is 1. The second-order valence-corrected chi connectivity index (χ2v) is 8.68. The molecular formula is C24H21FN4O2S. The van der Waals surface area contributed by atoms with E-state index in [1.54, 1.807) is 36.1 Å². The minimum absolute atomic E-state index is 0.0587. The molecule has 32 heavy (non-hydrogen) atoms. The average Bonchev–Trinajstić information content (AvgIpc) is 3.55. The number of hydrogen-bond donors (Lipinski definition) is 0. The van der Waals surface area contributed by atoms with E-state index in [4.69, 9.17) is 4.42 Å². The Morgan fingerprint density at radius 1 is 1.22 bits per heavy atom. The van der Waals surface area contributed by atoms with Gasteiger partial charge in [0.25, 0.3) is 5.91 Å². The number of benzene rings is 1. The fourth-order valence-corrected chi connectivity index (χ4v) is 4.80. The maximum absolute atomic E-state index is 13.3. The van der Waals surface area contributed by atoms with E-state index in [-0.39, 0.29) is 17.8 Å². The molecule has 1 atom stereocenters. The molecule has 4 heterocycles. The van der Waals surface area contributed by atoms with E-state index in [1.165, 1.54) is 23.5 Å². The van der Waals surface area contributed by atoms with Gasteiger partial charge in [-0.2, -0.15) is 0 Å². The van der Waals surface area contributed by atoms with Crippen molar-refractivity contribution in [3.8, 4) is 10.6 Å². The molecule has 5 rings (SSSR count). The monoisotopic (exact) mass is 448 g/mol. The Morgan fingerprint density at radius 2 is 2.06 bits per heavy atom. The van der Waals surface area contributed by atoms with E-state index >= 15 is 0 Å². The molecule has 0 N–H and O–H groups in total. The van der Waals surface area contributed by atoms with Crippen molar-refractivity contribution in [3.05, 3.63) is 88.6 Å². The molecule has 1 saturated heterocycles. The Kier molecular flexibility index (Phi) is 5.53. The molecule has 0 radical (unpaired) electrons. The summed E-state index contributed by atoms with van der Waals surface area (Å²) in [5.41, 5.74) is 4.97. The van der Waals surface area contributed by atoms with Crippen LogP contribution in [0.5, 0.6) is 0 Å². The van der Waals surface area contributed by atoms with Crippen LogP contribution in [0.15, 0.2) is 58.7 Å². The first kappa shape index (κ1) is 20.5. The SMILES string of the molecule is Cc1ncsc1-c1cc(C(=O)N2CCC[C@H]2c2ncc(Cc3ccc(F)cc3)o2)ccn1. The zero-order chi connectivity index (χ0) is 22.1. The molecule has 8 heteroatoms. The number of rotatable bonds is 5. The van der Waals surface area contributed by atoms with Crippen LogP contribution in [0.3, 0.4) is 0 Å². The van der Waals surface area contributed by atoms with Crippen LogP contribution >= 0.6 is 11.3 Å². The molecule has 0 saturated carbocycles. The van der Waals surface area contributed by atoms with Gasteiger partial charge in [-0.05, 0) is 49.6 Å². The molecule has 0 bridgehead atoms. The number of oxazole rings is 1. The number of aromatic nitrogens is 3. The van der Waals surface area contributed by atoms with Crippen molar-refractivity contribution in [2.24, 2.45) is 0 Å². The maximum Gasteiger partial charge on any atom is 0.254 e. The lowest BCUT2D eigenvalue weighted by atomic mass is 10.1. The highest BCUT2D eigenvalue weighted by atomic mass is 32.1. The van der Waals surface area contributed by atoms with Gasteiger partial charge in [0.1, 0.15) is 17.6 Å². The first-order valence-electron chi connectivity index (χ1n) is 10.4. The number of amides is 1. The van der Waals surface area contributed by atoms with Gasteiger partial charge in [0.15, 0.2) is 0 Å². The molecule has 1 aromatic carbocycles. The Morgan fingerprint density at radius 3 is 2.84 bits per heavy atom. The molecular weight excluding hydrogens is 427 g/mol. The minimum atomic E-state index is -0.267. The Labute approximate surface area is 188 Å². The van der Waals surface area contributed by atoms with Crippen LogP contribution in [0, 0.1) is 12.7 Å². The summed E-state index contributed by atoms with van der Waals surface area (Å²) in [6.45, 7) is 2.58. The fourth-order valence-electron chi connectivity index (χ4n) is 4.03. The lowest BCUT2D eigenvalue weighted by molar-refractivity contribution is 0.0714. The first-order valence-corrected chi connectivity index (χ1v) is 11.3. The highest BCUT2D eigenvalue weighted by Gasteiger charge is 2.34. The summed E-state index contributed by atoms with van der Waals surface area (Å²) < 4.78 is 19.1. The van der Waals surface area contributed by atoms with Gasteiger partial charge in [-0.25, -0.2) is 14.4 Å². The third-order valence-corrected chi connectivity index (χ3v) is 6.60. The quantitative estimate of drug-likeness (QED) is 0.419. The van der Waals surface area contributed by atoms with Crippen LogP contribution in [-0.4, -0.2) is 32.3 Å². The first-order chi connectivity index (χ1) is 15.6. The van der Waals surface area contributed by atoms with Crippen LogP contribution < -0.4 is 0 Å². The number of thiazole rings is 1. The van der Waals surface area contributed by atoms with Gasteiger partial charge < -0.3 is 9.32 Å². The number of hydrogen-bond acceptors (Lipinski definition) is 6. The maximum atomic E-state index is 13.3. The topological polar surface area (TPSA) is 72.1 Å². The Hall–Kier alpha value is -3.39. The van der Waals surface area contributed by atoms with E-state index in [2.05, 4.69) is 15.0 Å². The van der Waals surface area contributed by atoms with Gasteiger partial charge in [-0.1, -0.05) is 12.1 Å². The summed E-state index contributed by atoms with van der Waals surface area (Å²) in [4.78, 5) is 29.3. The van der Waals surface area contributed by atoms with E-state index in [9.17, 15) is 9.18 Å². The highest BCUT2D eigenvalue weighted by molar-refractivity contribution is 7.13. The molecule has 0 spiro atoms. The minimum Gasteiger partial charge on any atom is -0.443 e. The Balaban J connectivity index is 1.35. The normalized spacial score (nSPS) is 15.9. The van der Waals surface area contributed by atoms with Gasteiger partial charge in [-0.3, -0.25) is 9.78 Å². The fraction of sp³-hybridized carbons (Fsp3) is 0.250. The zero-order valence-electron chi connectivity index (χ0n) is 17.5. The van der Waals surface area contributed by atoms with Crippen molar-refractivity contribution in [3.63, 3.8) is 0 Å². The Bertz CT molecular complexity index is 1250. The predicted octanol–water partition coefficient (Wildman–Crippen LogP) is 5.21. The van der Waals surface area contributed by atoms with Gasteiger partial charge in [0, 0.05) is 24.7 Å². The van der Waals surface area contributed by atoms with E-state index in [0.717, 1.165) is 34.7 Å². The van der Waals surface area contributed by atoms with Crippen molar-refractivity contribution in [1.82, 2.24) is 19.9 Å². The van der Waals surface area contributed by atoms with Gasteiger partial charge in [0.2, 0.25) is 5.89 Å². The summed E-state index contributed by atoms with van der Waals surface area (Å²) in [5, 5.41) is 0. The molecule has 4 aromatic rings. The second-order valence-electron chi connectivity index (χ2n) is 7.82. The number of carbonyl (C=O) groups is 1. The van der Waals surface area contributed by atoms with Crippen molar-refractivity contribution < 1.29 is 13.6 Å². The van der Waals surface area contributed by atoms with Gasteiger partial charge in [0.05, 0.1) is 28.0 Å². The van der Waals surface area contributed by atoms with E-state index < -0.39 is 0 Å². The van der Waals surface area contributed by atoms with Crippen LogP contribution in [0.25, 0.3) is 10.6 Å². The molecule has 6 nitrogen and oxygen atoms in total. The third-order valence-electron chi connectivity index (χ3n) is 5.65. The molecule has 1 aliphatic heterocycles. The zero-order valence-corrected chi connectivity index (χ0v) is 18.3. The largest absolute Gasteiger partial charge is 0.443 e. The third kappa shape index (κ3) is 4.05. The van der Waals surface area contributed by atoms with E-state index in [1.807, 2.05) is 17.9 Å². The van der Waals surface area contributed by atoms with Crippen LogP contribution in [0.1, 0.15) is 52.1 Å². The number of halogens is 1. The molecule has 162 valence electrons. The van der Waals surface area contributed by atoms with Crippen molar-refractivity contribution >= 4 is 17.2 Å². The smallest absolute Gasteiger partial charge is 0.254 e. The van der Waals surface area contributed by atoms with Gasteiger partial charge >= 0.3 is 0 Å². The number of likely N-dealkylation sites (tertiary alicyclic amines) is 1. The second kappa shape index (κ2) is 8.63. The molecule has 1 fully saturated rings. The van der Waals surface area contributed by atoms with Crippen molar-refractivity contribution in [2.45, 2.75) is 32.2 Å². The van der Waals surface area contributed by atoms with Crippen molar-refractivity contribution in [2.75, 3.05) is 6.54 Å². The predicted molar refractivity (Wildman–Crippen MR) is 119 cm³/mol. The summed E-state index contributed by atoms with van der Waals surface area (Å²) >= 11 is 1.51. The lowest BCUT2D eigenvalue weighted by Gasteiger charge is -2.22. The van der Waals surface area contributed by atoms with Crippen LogP contribution in [0.4, 0.5) is 4.39 Å². The number of nitrogens with zero attached hydrogens (tertiary/aromatic N) is 4. The molecule has 0 unspecified atom stereocenters. The highest BCUT2D eigenvalue weighted by Crippen LogP contribution is 2.34. The van der Waals surface area contributed by atoms with Crippen LogP contribution in [0.2, 0.25) is 0 Å².